The Hall–Kier alpha value is -2.71. The molecule has 2 saturated heterocycles. The predicted octanol–water partition coefficient (Wildman–Crippen LogP) is 0.877. The first-order valence-electron chi connectivity index (χ1n) is 9.56. The number of H-pyrrole nitrogens is 1. The molecule has 142 valence electrons. The van der Waals surface area contributed by atoms with Gasteiger partial charge in [0.2, 0.25) is 5.91 Å². The Bertz CT molecular complexity index is 882. The van der Waals surface area contributed by atoms with E-state index in [0.717, 1.165) is 37.0 Å². The van der Waals surface area contributed by atoms with E-state index in [9.17, 15) is 9.59 Å². The lowest BCUT2D eigenvalue weighted by Gasteiger charge is -2.38. The number of aromatic nitrogens is 4. The van der Waals surface area contributed by atoms with Crippen molar-refractivity contribution in [3.05, 3.63) is 12.7 Å². The largest absolute Gasteiger partial charge is 0.458 e. The number of amides is 1. The van der Waals surface area contributed by atoms with Crippen LogP contribution < -0.4 is 4.90 Å². The second-order valence-electron chi connectivity index (χ2n) is 7.61. The summed E-state index contributed by atoms with van der Waals surface area (Å²) in [5, 5.41) is 0. The molecule has 1 atom stereocenters. The van der Waals surface area contributed by atoms with Crippen molar-refractivity contribution in [1.29, 1.82) is 0 Å². The van der Waals surface area contributed by atoms with Gasteiger partial charge in [0.15, 0.2) is 11.5 Å². The molecule has 3 aliphatic rings. The monoisotopic (exact) mass is 370 g/mol. The summed E-state index contributed by atoms with van der Waals surface area (Å²) in [5.41, 5.74) is 0.917. The van der Waals surface area contributed by atoms with Crippen molar-refractivity contribution < 1.29 is 14.3 Å². The highest BCUT2D eigenvalue weighted by atomic mass is 16.6. The molecule has 0 radical (unpaired) electrons. The number of carbonyl (C=O) groups is 2. The molecular formula is C18H22N6O3. The second kappa shape index (κ2) is 6.17. The molecule has 0 unspecified atom stereocenters. The molecule has 5 rings (SSSR count). The van der Waals surface area contributed by atoms with E-state index in [-0.39, 0.29) is 24.2 Å². The van der Waals surface area contributed by atoms with Gasteiger partial charge in [0.1, 0.15) is 17.4 Å². The fourth-order valence-electron chi connectivity index (χ4n) is 4.78. The van der Waals surface area contributed by atoms with Gasteiger partial charge in [-0.3, -0.25) is 9.59 Å². The van der Waals surface area contributed by atoms with Gasteiger partial charge >= 0.3 is 5.97 Å². The number of piperazine rings is 1. The number of carbonyl (C=O) groups excluding carboxylic acids is 2. The molecule has 9 heteroatoms. The van der Waals surface area contributed by atoms with Gasteiger partial charge in [0, 0.05) is 26.2 Å². The quantitative estimate of drug-likeness (QED) is 0.783. The van der Waals surface area contributed by atoms with Crippen molar-refractivity contribution in [1.82, 2.24) is 24.8 Å². The summed E-state index contributed by atoms with van der Waals surface area (Å²) in [7, 11) is 0. The topological polar surface area (TPSA) is 104 Å². The minimum absolute atomic E-state index is 0.0665. The maximum absolute atomic E-state index is 13.2. The number of anilines is 1. The Kier molecular flexibility index (Phi) is 3.76. The Balaban J connectivity index is 1.30. The maximum Gasteiger partial charge on any atom is 0.307 e. The number of hydrogen-bond acceptors (Lipinski definition) is 7. The highest BCUT2D eigenvalue weighted by molar-refractivity contribution is 5.88. The third kappa shape index (κ3) is 2.64. The zero-order chi connectivity index (χ0) is 18.4. The van der Waals surface area contributed by atoms with Crippen molar-refractivity contribution in [2.24, 2.45) is 5.92 Å². The second-order valence-corrected chi connectivity index (χ2v) is 7.61. The number of esters is 1. The molecule has 4 heterocycles. The molecule has 0 aromatic carbocycles. The Morgan fingerprint density at radius 2 is 1.93 bits per heavy atom. The van der Waals surface area contributed by atoms with E-state index in [4.69, 9.17) is 4.74 Å². The average molecular weight is 370 g/mol. The van der Waals surface area contributed by atoms with Gasteiger partial charge < -0.3 is 19.5 Å². The predicted molar refractivity (Wildman–Crippen MR) is 95.9 cm³/mol. The maximum atomic E-state index is 13.2. The summed E-state index contributed by atoms with van der Waals surface area (Å²) in [4.78, 5) is 44.9. The number of rotatable bonds is 2. The molecule has 1 amide bonds. The number of ether oxygens (including phenoxy) is 1. The van der Waals surface area contributed by atoms with Crippen molar-refractivity contribution >= 4 is 28.9 Å². The van der Waals surface area contributed by atoms with Crippen LogP contribution in [-0.4, -0.2) is 68.5 Å². The zero-order valence-electron chi connectivity index (χ0n) is 15.1. The highest BCUT2D eigenvalue weighted by Crippen LogP contribution is 2.46. The first-order valence-corrected chi connectivity index (χ1v) is 9.56. The van der Waals surface area contributed by atoms with Crippen molar-refractivity contribution in [2.75, 3.05) is 31.1 Å². The molecule has 1 saturated carbocycles. The normalized spacial score (nSPS) is 24.7. The van der Waals surface area contributed by atoms with Crippen LogP contribution in [0.5, 0.6) is 0 Å². The summed E-state index contributed by atoms with van der Waals surface area (Å²) in [6.07, 6.45) is 7.03. The van der Waals surface area contributed by atoms with E-state index in [1.54, 1.807) is 6.33 Å². The molecule has 27 heavy (non-hydrogen) atoms. The van der Waals surface area contributed by atoms with Gasteiger partial charge in [-0.05, 0) is 25.7 Å². The molecule has 3 fully saturated rings. The Morgan fingerprint density at radius 1 is 1.15 bits per heavy atom. The van der Waals surface area contributed by atoms with Crippen LogP contribution in [0.2, 0.25) is 0 Å². The summed E-state index contributed by atoms with van der Waals surface area (Å²) in [5.74, 6) is 0.335. The van der Waals surface area contributed by atoms with E-state index in [2.05, 4.69) is 24.8 Å². The van der Waals surface area contributed by atoms with Crippen LogP contribution in [0.25, 0.3) is 11.2 Å². The smallest absolute Gasteiger partial charge is 0.307 e. The highest BCUT2D eigenvalue weighted by Gasteiger charge is 2.54. The minimum atomic E-state index is -0.542. The average Bonchev–Trinajstić information content (AvgIpc) is 3.42. The van der Waals surface area contributed by atoms with Gasteiger partial charge in [-0.15, -0.1) is 0 Å². The lowest BCUT2D eigenvalue weighted by atomic mass is 9.84. The molecule has 0 bridgehead atoms. The van der Waals surface area contributed by atoms with Crippen LogP contribution in [0, 0.1) is 5.92 Å². The van der Waals surface area contributed by atoms with Crippen LogP contribution in [-0.2, 0) is 14.3 Å². The van der Waals surface area contributed by atoms with Crippen LogP contribution in [0.1, 0.15) is 32.1 Å². The molecule has 1 aliphatic carbocycles. The molecule has 1 N–H and O–H groups in total. The van der Waals surface area contributed by atoms with Crippen molar-refractivity contribution in [3.8, 4) is 0 Å². The van der Waals surface area contributed by atoms with Gasteiger partial charge in [0.05, 0.1) is 18.7 Å². The lowest BCUT2D eigenvalue weighted by Crippen LogP contribution is -2.53. The first kappa shape index (κ1) is 16.5. The SMILES string of the molecule is O=C1C[C@@H](C(=O)N2CCN(c3ncnc4nc[nH]c34)CC2)C2(CCCC2)O1. The molecule has 2 aromatic heterocycles. The fourth-order valence-corrected chi connectivity index (χ4v) is 4.78. The summed E-state index contributed by atoms with van der Waals surface area (Å²) < 4.78 is 5.64. The molecule has 9 nitrogen and oxygen atoms in total. The zero-order valence-corrected chi connectivity index (χ0v) is 15.1. The Labute approximate surface area is 156 Å². The van der Waals surface area contributed by atoms with Crippen molar-refractivity contribution in [3.63, 3.8) is 0 Å². The van der Waals surface area contributed by atoms with E-state index in [1.807, 2.05) is 4.90 Å². The molecule has 1 spiro atoms. The van der Waals surface area contributed by atoms with E-state index >= 15 is 0 Å². The number of nitrogens with zero attached hydrogens (tertiary/aromatic N) is 5. The summed E-state index contributed by atoms with van der Waals surface area (Å²) in [6.45, 7) is 2.59. The van der Waals surface area contributed by atoms with E-state index in [1.165, 1.54) is 6.33 Å². The lowest BCUT2D eigenvalue weighted by molar-refractivity contribution is -0.151. The van der Waals surface area contributed by atoms with Gasteiger partial charge in [-0.25, -0.2) is 15.0 Å². The molecule has 2 aliphatic heterocycles. The van der Waals surface area contributed by atoms with Crippen LogP contribution in [0.15, 0.2) is 12.7 Å². The Morgan fingerprint density at radius 3 is 2.70 bits per heavy atom. The number of aromatic amines is 1. The van der Waals surface area contributed by atoms with Crippen molar-refractivity contribution in [2.45, 2.75) is 37.7 Å². The molecular weight excluding hydrogens is 348 g/mol. The standard InChI is InChI=1S/C18H22N6O3/c25-13-9-12(18(27-13)3-1-2-4-18)17(26)24-7-5-23(6-8-24)16-14-15(20-10-19-14)21-11-22-16/h10-12H,1-9H2,(H,19,20,21,22)/t12-/m0/s1. The minimum Gasteiger partial charge on any atom is -0.458 e. The van der Waals surface area contributed by atoms with Crippen LogP contribution >= 0.6 is 0 Å². The molecule has 2 aromatic rings. The third-order valence-electron chi connectivity index (χ3n) is 6.16. The number of hydrogen-bond donors (Lipinski definition) is 1. The number of fused-ring (bicyclic) bond motifs is 1. The van der Waals surface area contributed by atoms with Crippen LogP contribution in [0.3, 0.4) is 0 Å². The number of nitrogens with one attached hydrogen (secondary N) is 1. The number of imidazole rings is 1. The van der Waals surface area contributed by atoms with Gasteiger partial charge in [-0.1, -0.05) is 0 Å². The van der Waals surface area contributed by atoms with E-state index in [0.29, 0.717) is 31.8 Å². The fraction of sp³-hybridized carbons (Fsp3) is 0.611. The van der Waals surface area contributed by atoms with Crippen LogP contribution in [0.4, 0.5) is 5.82 Å². The van der Waals surface area contributed by atoms with Gasteiger partial charge in [-0.2, -0.15) is 0 Å². The summed E-state index contributed by atoms with van der Waals surface area (Å²) >= 11 is 0. The first-order chi connectivity index (χ1) is 13.2. The van der Waals surface area contributed by atoms with Gasteiger partial charge in [0.25, 0.3) is 0 Å². The third-order valence-corrected chi connectivity index (χ3v) is 6.16. The summed E-state index contributed by atoms with van der Waals surface area (Å²) in [6, 6.07) is 0. The van der Waals surface area contributed by atoms with E-state index < -0.39 is 5.60 Å².